The molecule has 12 nitrogen and oxygen atoms in total. The molecule has 7 unspecified atom stereocenters. The molecule has 1 heterocycles. The van der Waals surface area contributed by atoms with Gasteiger partial charge in [-0.05, 0) is 19.3 Å². The number of unbranched alkanes of at least 4 members (excludes halogenated alkanes) is 44. The fraction of sp³-hybridized carbons (Fsp3) is 0.951. The number of carbonyl (C=O) groups is 1. The first-order valence-corrected chi connectivity index (χ1v) is 32.9. The normalized spacial score (nSPS) is 19.1. The number of allylic oxidation sites excluding steroid dienone is 1. The summed E-state index contributed by atoms with van der Waals surface area (Å²) in [5.74, 6) is -0.255. The van der Waals surface area contributed by atoms with E-state index in [1.807, 2.05) is 6.08 Å². The van der Waals surface area contributed by atoms with Crippen molar-refractivity contribution >= 4 is 16.3 Å². The lowest BCUT2D eigenvalue weighted by atomic mass is 9.99. The van der Waals surface area contributed by atoms with Gasteiger partial charge >= 0.3 is 10.4 Å². The maximum Gasteiger partial charge on any atom is 0.397 e. The van der Waals surface area contributed by atoms with Crippen molar-refractivity contribution in [3.05, 3.63) is 12.2 Å². The van der Waals surface area contributed by atoms with Crippen molar-refractivity contribution in [3.63, 3.8) is 0 Å². The van der Waals surface area contributed by atoms with Gasteiger partial charge in [0.15, 0.2) is 6.29 Å². The summed E-state index contributed by atoms with van der Waals surface area (Å²) in [5, 5.41) is 45.0. The van der Waals surface area contributed by atoms with E-state index in [0.717, 1.165) is 38.5 Å². The molecular formula is C61H119NO11S. The van der Waals surface area contributed by atoms with E-state index in [2.05, 4.69) is 23.3 Å². The molecular weight excluding hydrogens is 955 g/mol. The van der Waals surface area contributed by atoms with Crippen LogP contribution in [0.15, 0.2) is 12.2 Å². The molecule has 7 atom stereocenters. The summed E-state index contributed by atoms with van der Waals surface area (Å²) in [6.45, 7) is 3.45. The summed E-state index contributed by atoms with van der Waals surface area (Å²) in [6.07, 6.45) is 54.2. The predicted octanol–water partition coefficient (Wildman–Crippen LogP) is 15.4. The molecule has 0 aromatic rings. The van der Waals surface area contributed by atoms with Gasteiger partial charge in [-0.2, -0.15) is 8.42 Å². The Kier molecular flexibility index (Phi) is 49.1. The van der Waals surface area contributed by atoms with Crippen LogP contribution in [0.4, 0.5) is 0 Å². The molecule has 440 valence electrons. The van der Waals surface area contributed by atoms with E-state index >= 15 is 0 Å². The minimum Gasteiger partial charge on any atom is -0.394 e. The van der Waals surface area contributed by atoms with E-state index in [4.69, 9.17) is 9.47 Å². The molecule has 0 bridgehead atoms. The fourth-order valence-corrected chi connectivity index (χ4v) is 11.0. The van der Waals surface area contributed by atoms with Crippen molar-refractivity contribution in [1.82, 2.24) is 5.32 Å². The first-order chi connectivity index (χ1) is 36.0. The number of hydrogen-bond donors (Lipinski definition) is 6. The van der Waals surface area contributed by atoms with Crippen LogP contribution in [-0.2, 0) is 28.9 Å². The Labute approximate surface area is 455 Å². The van der Waals surface area contributed by atoms with E-state index in [9.17, 15) is 38.2 Å². The fourth-order valence-electron chi connectivity index (χ4n) is 10.5. The Balaban J connectivity index is 2.26. The number of aliphatic hydroxyl groups is 4. The highest BCUT2D eigenvalue weighted by Gasteiger charge is 2.48. The first kappa shape index (κ1) is 70.9. The molecule has 0 aromatic heterocycles. The second-order valence-corrected chi connectivity index (χ2v) is 23.4. The lowest BCUT2D eigenvalue weighted by Crippen LogP contribution is -2.61. The van der Waals surface area contributed by atoms with Crippen LogP contribution in [0.25, 0.3) is 0 Å². The third kappa shape index (κ3) is 42.8. The Morgan fingerprint density at radius 1 is 0.527 bits per heavy atom. The average Bonchev–Trinajstić information content (AvgIpc) is 3.38. The summed E-state index contributed by atoms with van der Waals surface area (Å²) in [7, 11) is -5.09. The number of hydrogen-bond acceptors (Lipinski definition) is 10. The molecule has 1 saturated heterocycles. The van der Waals surface area contributed by atoms with Crippen molar-refractivity contribution in [2.75, 3.05) is 13.2 Å². The van der Waals surface area contributed by atoms with Gasteiger partial charge in [-0.15, -0.1) is 0 Å². The number of amides is 1. The number of ether oxygens (including phenoxy) is 2. The summed E-state index contributed by atoms with van der Waals surface area (Å²) < 4.78 is 47.9. The van der Waals surface area contributed by atoms with E-state index in [1.54, 1.807) is 6.08 Å². The lowest BCUT2D eigenvalue weighted by molar-refractivity contribution is -0.298. The highest BCUT2D eigenvalue weighted by Crippen LogP contribution is 2.26. The van der Waals surface area contributed by atoms with E-state index in [1.165, 1.54) is 250 Å². The van der Waals surface area contributed by atoms with Crippen molar-refractivity contribution < 1.29 is 51.8 Å². The second-order valence-electron chi connectivity index (χ2n) is 22.4. The average molecular weight is 1070 g/mol. The third-order valence-electron chi connectivity index (χ3n) is 15.3. The van der Waals surface area contributed by atoms with Crippen LogP contribution < -0.4 is 5.32 Å². The van der Waals surface area contributed by atoms with Crippen molar-refractivity contribution in [3.8, 4) is 0 Å². The van der Waals surface area contributed by atoms with Gasteiger partial charge in [0.2, 0.25) is 5.91 Å². The molecule has 1 amide bonds. The zero-order valence-corrected chi connectivity index (χ0v) is 48.8. The second kappa shape index (κ2) is 51.3. The number of rotatable bonds is 56. The Bertz CT molecular complexity index is 1350. The molecule has 1 aliphatic rings. The Morgan fingerprint density at radius 2 is 0.851 bits per heavy atom. The Morgan fingerprint density at radius 3 is 1.18 bits per heavy atom. The van der Waals surface area contributed by atoms with Gasteiger partial charge in [-0.1, -0.05) is 302 Å². The molecule has 0 spiro atoms. The van der Waals surface area contributed by atoms with Crippen molar-refractivity contribution in [2.45, 2.75) is 358 Å². The van der Waals surface area contributed by atoms with Crippen LogP contribution in [0.2, 0.25) is 0 Å². The monoisotopic (exact) mass is 1070 g/mol. The first-order valence-electron chi connectivity index (χ1n) is 31.6. The lowest BCUT2D eigenvalue weighted by Gasteiger charge is -2.41. The predicted molar refractivity (Wildman–Crippen MR) is 306 cm³/mol. The van der Waals surface area contributed by atoms with Gasteiger partial charge in [-0.25, -0.2) is 4.18 Å². The quantitative estimate of drug-likeness (QED) is 0.0193. The molecule has 13 heteroatoms. The molecule has 1 fully saturated rings. The maximum absolute atomic E-state index is 13.2. The van der Waals surface area contributed by atoms with E-state index in [0.29, 0.717) is 6.42 Å². The summed E-state index contributed by atoms with van der Waals surface area (Å²) in [4.78, 5) is 13.2. The maximum atomic E-state index is 13.2. The molecule has 1 rings (SSSR count). The smallest absolute Gasteiger partial charge is 0.394 e. The molecule has 1 aliphatic heterocycles. The molecule has 0 aliphatic carbocycles. The van der Waals surface area contributed by atoms with Gasteiger partial charge in [0, 0.05) is 6.42 Å². The van der Waals surface area contributed by atoms with Crippen LogP contribution in [0.5, 0.6) is 0 Å². The largest absolute Gasteiger partial charge is 0.397 e. The summed E-state index contributed by atoms with van der Waals surface area (Å²) in [5.41, 5.74) is 0. The highest BCUT2D eigenvalue weighted by molar-refractivity contribution is 7.80. The van der Waals surface area contributed by atoms with Gasteiger partial charge in [0.1, 0.15) is 24.4 Å². The SMILES string of the molecule is CCCCCCCCCCCCCCCCC/C=C/C(O)C(COC1OC(CO)C(O)C(OS(=O)(=O)O)C1O)NC(=O)CCCCCCCCCCCCCCCCCCCCCCCCCCCCCCCC. The van der Waals surface area contributed by atoms with Gasteiger partial charge in [-0.3, -0.25) is 9.35 Å². The van der Waals surface area contributed by atoms with Crippen molar-refractivity contribution in [2.24, 2.45) is 0 Å². The molecule has 0 radical (unpaired) electrons. The Hall–Kier alpha value is -1.16. The summed E-state index contributed by atoms with van der Waals surface area (Å²) >= 11 is 0. The van der Waals surface area contributed by atoms with Crippen LogP contribution in [0.1, 0.15) is 316 Å². The van der Waals surface area contributed by atoms with Gasteiger partial charge < -0.3 is 35.2 Å². The number of nitrogens with one attached hydrogen (secondary N) is 1. The van der Waals surface area contributed by atoms with E-state index < -0.39 is 59.9 Å². The molecule has 0 aromatic carbocycles. The zero-order chi connectivity index (χ0) is 54.0. The van der Waals surface area contributed by atoms with Crippen molar-refractivity contribution in [1.29, 1.82) is 0 Å². The summed E-state index contributed by atoms with van der Waals surface area (Å²) in [6, 6.07) is -0.940. The van der Waals surface area contributed by atoms with Crippen LogP contribution in [0.3, 0.4) is 0 Å². The topological polar surface area (TPSA) is 192 Å². The standard InChI is InChI=1S/C61H119NO11S/c1-3-5-7-9-11-13-15-17-19-21-22-23-24-25-26-27-28-29-30-31-32-33-35-37-39-41-43-45-47-49-51-57(65)62-54(53-71-61-59(67)60(73-74(68,69)70)58(66)56(52-63)72-61)55(64)50-48-46-44-42-40-38-36-34-20-18-16-14-12-10-8-6-4-2/h48,50,54-56,58-61,63-64,66-67H,3-47,49,51-53H2,1-2H3,(H,62,65)(H,68,69,70)/b50-48+. The van der Waals surface area contributed by atoms with Gasteiger partial charge in [0.05, 0.1) is 25.4 Å². The third-order valence-corrected chi connectivity index (χ3v) is 15.8. The van der Waals surface area contributed by atoms with E-state index in [-0.39, 0.29) is 18.9 Å². The number of aliphatic hydroxyl groups excluding tert-OH is 4. The van der Waals surface area contributed by atoms with Crippen LogP contribution >= 0.6 is 0 Å². The minimum atomic E-state index is -5.09. The highest BCUT2D eigenvalue weighted by atomic mass is 32.3. The van der Waals surface area contributed by atoms with Crippen LogP contribution in [-0.4, -0.2) is 95.4 Å². The minimum absolute atomic E-state index is 0.255. The van der Waals surface area contributed by atoms with Crippen LogP contribution in [0, 0.1) is 0 Å². The zero-order valence-electron chi connectivity index (χ0n) is 47.9. The number of carbonyl (C=O) groups excluding carboxylic acids is 1. The molecule has 0 saturated carbocycles. The molecule has 74 heavy (non-hydrogen) atoms. The molecule has 6 N–H and O–H groups in total. The van der Waals surface area contributed by atoms with Gasteiger partial charge in [0.25, 0.3) is 0 Å².